The van der Waals surface area contributed by atoms with Gasteiger partial charge >= 0.3 is 0 Å². The minimum absolute atomic E-state index is 0.501. The average molecular weight is 452 g/mol. The maximum absolute atomic E-state index is 12.0. The monoisotopic (exact) mass is 451 g/mol. The van der Waals surface area contributed by atoms with Crippen molar-refractivity contribution in [3.05, 3.63) is 60.4 Å². The van der Waals surface area contributed by atoms with Gasteiger partial charge in [0.2, 0.25) is 10.0 Å². The maximum Gasteiger partial charge on any atom is 0.236 e. The molecule has 1 saturated heterocycles. The second-order valence-electron chi connectivity index (χ2n) is 8.64. The van der Waals surface area contributed by atoms with Gasteiger partial charge in [-0.3, -0.25) is 4.90 Å². The summed E-state index contributed by atoms with van der Waals surface area (Å²) in [5.41, 5.74) is 10.9. The highest BCUT2D eigenvalue weighted by Crippen LogP contribution is 2.28. The van der Waals surface area contributed by atoms with E-state index >= 15 is 0 Å². The number of nitrogens with zero attached hydrogens (tertiary/aromatic N) is 3. The lowest BCUT2D eigenvalue weighted by Crippen LogP contribution is -2.46. The molecule has 8 heteroatoms. The zero-order valence-corrected chi connectivity index (χ0v) is 19.1. The van der Waals surface area contributed by atoms with E-state index in [0.717, 1.165) is 51.0 Å². The van der Waals surface area contributed by atoms with Crippen molar-refractivity contribution in [2.24, 2.45) is 0 Å². The summed E-state index contributed by atoms with van der Waals surface area (Å²) in [6, 6.07) is 14.5. The number of anilines is 2. The van der Waals surface area contributed by atoms with Crippen molar-refractivity contribution in [2.45, 2.75) is 12.8 Å². The van der Waals surface area contributed by atoms with E-state index < -0.39 is 10.0 Å². The molecule has 3 heterocycles. The fourth-order valence-electron chi connectivity index (χ4n) is 4.77. The molecule has 0 saturated carbocycles. The molecule has 5 rings (SSSR count). The van der Waals surface area contributed by atoms with E-state index in [9.17, 15) is 8.42 Å². The Kier molecular flexibility index (Phi) is 5.35. The van der Waals surface area contributed by atoms with Gasteiger partial charge in [-0.15, -0.1) is 0 Å². The minimum atomic E-state index is -3.36. The quantitative estimate of drug-likeness (QED) is 0.470. The van der Waals surface area contributed by atoms with Gasteiger partial charge < -0.3 is 15.6 Å². The first-order chi connectivity index (χ1) is 15.4. The predicted molar refractivity (Wildman–Crippen MR) is 132 cm³/mol. The molecule has 0 aliphatic carbocycles. The molecule has 4 aromatic rings. The Bertz CT molecular complexity index is 1360. The average Bonchev–Trinajstić information content (AvgIpc) is 3.39. The Morgan fingerprint density at radius 1 is 1.03 bits per heavy atom. The molecule has 32 heavy (non-hydrogen) atoms. The maximum atomic E-state index is 12.0. The van der Waals surface area contributed by atoms with Crippen molar-refractivity contribution in [1.29, 1.82) is 0 Å². The lowest BCUT2D eigenvalue weighted by atomic mass is 10.1. The van der Waals surface area contributed by atoms with Crippen LogP contribution in [-0.4, -0.2) is 61.3 Å². The van der Waals surface area contributed by atoms with Gasteiger partial charge in [0.05, 0.1) is 17.5 Å². The van der Waals surface area contributed by atoms with Crippen molar-refractivity contribution >= 4 is 43.2 Å². The smallest absolute Gasteiger partial charge is 0.236 e. The van der Waals surface area contributed by atoms with Gasteiger partial charge in [-0.05, 0) is 55.3 Å². The van der Waals surface area contributed by atoms with Gasteiger partial charge in [0, 0.05) is 60.5 Å². The third-order valence-corrected chi connectivity index (χ3v) is 7.46. The van der Waals surface area contributed by atoms with Gasteiger partial charge in [0.25, 0.3) is 0 Å². The van der Waals surface area contributed by atoms with E-state index in [4.69, 9.17) is 5.73 Å². The topological polar surface area (TPSA) is 87.4 Å². The fourth-order valence-corrected chi connectivity index (χ4v) is 5.59. The zero-order valence-electron chi connectivity index (χ0n) is 18.3. The Morgan fingerprint density at radius 2 is 1.84 bits per heavy atom. The number of rotatable bonds is 6. The number of hydrogen-bond donors (Lipinski definition) is 2. The number of hydrogen-bond acceptors (Lipinski definition) is 5. The molecule has 2 aromatic carbocycles. The van der Waals surface area contributed by atoms with Crippen LogP contribution in [-0.2, 0) is 16.4 Å². The third kappa shape index (κ3) is 3.96. The highest BCUT2D eigenvalue weighted by Gasteiger charge is 2.19. The standard InChI is InChI=1S/C24H29N5O2S/c1-32(30,31)29-17-21(25)20-16-18(7-8-24(20)29)4-3-11-27-12-14-28(15-13-27)23-6-2-5-22-19(23)9-10-26-22/h2,5-10,16-17,26H,3-4,11-15,25H2,1H3. The summed E-state index contributed by atoms with van der Waals surface area (Å²) in [6.45, 7) is 5.24. The van der Waals surface area contributed by atoms with Crippen LogP contribution in [0.4, 0.5) is 11.4 Å². The van der Waals surface area contributed by atoms with Gasteiger partial charge in [-0.2, -0.15) is 0 Å². The Labute approximate surface area is 188 Å². The van der Waals surface area contributed by atoms with Crippen LogP contribution in [0.1, 0.15) is 12.0 Å². The SMILES string of the molecule is CS(=O)(=O)n1cc(N)c2cc(CCCN3CCN(c4cccc5[nH]ccc45)CC3)ccc21. The molecule has 168 valence electrons. The Hall–Kier alpha value is -2.97. The number of nitrogens with two attached hydrogens (primary N) is 1. The highest BCUT2D eigenvalue weighted by molar-refractivity contribution is 7.89. The first-order valence-electron chi connectivity index (χ1n) is 11.0. The molecular weight excluding hydrogens is 422 g/mol. The van der Waals surface area contributed by atoms with E-state index in [0.29, 0.717) is 11.2 Å². The highest BCUT2D eigenvalue weighted by atomic mass is 32.2. The molecule has 0 unspecified atom stereocenters. The number of aryl methyl sites for hydroxylation is 1. The van der Waals surface area contributed by atoms with Crippen molar-refractivity contribution in [3.63, 3.8) is 0 Å². The zero-order chi connectivity index (χ0) is 22.3. The van der Waals surface area contributed by atoms with Crippen molar-refractivity contribution in [3.8, 4) is 0 Å². The molecule has 0 spiro atoms. The van der Waals surface area contributed by atoms with Crippen LogP contribution in [0.25, 0.3) is 21.8 Å². The second-order valence-corrected chi connectivity index (χ2v) is 10.5. The second kappa shape index (κ2) is 8.18. The number of H-pyrrole nitrogens is 1. The molecule has 3 N–H and O–H groups in total. The summed E-state index contributed by atoms with van der Waals surface area (Å²) in [5, 5.41) is 2.10. The van der Waals surface area contributed by atoms with Gasteiger partial charge in [-0.25, -0.2) is 12.4 Å². The van der Waals surface area contributed by atoms with E-state index in [1.165, 1.54) is 38.6 Å². The molecule has 0 radical (unpaired) electrons. The van der Waals surface area contributed by atoms with Crippen LogP contribution < -0.4 is 10.6 Å². The molecule has 1 aliphatic heterocycles. The summed E-state index contributed by atoms with van der Waals surface area (Å²) in [4.78, 5) is 8.31. The van der Waals surface area contributed by atoms with E-state index in [-0.39, 0.29) is 0 Å². The van der Waals surface area contributed by atoms with Crippen LogP contribution in [0.3, 0.4) is 0 Å². The predicted octanol–water partition coefficient (Wildman–Crippen LogP) is 3.27. The van der Waals surface area contributed by atoms with Crippen molar-refractivity contribution < 1.29 is 8.42 Å². The molecular formula is C24H29N5O2S. The van der Waals surface area contributed by atoms with E-state index in [1.807, 2.05) is 24.4 Å². The van der Waals surface area contributed by atoms with Crippen molar-refractivity contribution in [1.82, 2.24) is 13.9 Å². The van der Waals surface area contributed by atoms with Crippen LogP contribution in [0, 0.1) is 0 Å². The summed E-state index contributed by atoms with van der Waals surface area (Å²) < 4.78 is 25.2. The van der Waals surface area contributed by atoms with Gasteiger partial charge in [-0.1, -0.05) is 12.1 Å². The van der Waals surface area contributed by atoms with E-state index in [1.54, 1.807) is 0 Å². The lowest BCUT2D eigenvalue weighted by Gasteiger charge is -2.36. The van der Waals surface area contributed by atoms with Crippen LogP contribution >= 0.6 is 0 Å². The molecule has 0 amide bonds. The van der Waals surface area contributed by atoms with E-state index in [2.05, 4.69) is 39.0 Å². The largest absolute Gasteiger partial charge is 0.397 e. The summed E-state index contributed by atoms with van der Waals surface area (Å²) >= 11 is 0. The number of benzene rings is 2. The molecule has 2 aromatic heterocycles. The van der Waals surface area contributed by atoms with Crippen LogP contribution in [0.2, 0.25) is 0 Å². The fraction of sp³-hybridized carbons (Fsp3) is 0.333. The van der Waals surface area contributed by atoms with Gasteiger partial charge in [0.15, 0.2) is 0 Å². The van der Waals surface area contributed by atoms with Gasteiger partial charge in [0.1, 0.15) is 0 Å². The summed E-state index contributed by atoms with van der Waals surface area (Å²) in [5.74, 6) is 0. The number of nitrogen functional groups attached to an aromatic ring is 1. The Morgan fingerprint density at radius 3 is 2.62 bits per heavy atom. The molecule has 1 aliphatic rings. The van der Waals surface area contributed by atoms with Crippen LogP contribution in [0.5, 0.6) is 0 Å². The summed E-state index contributed by atoms with van der Waals surface area (Å²) in [7, 11) is -3.36. The first kappa shape index (κ1) is 20.9. The lowest BCUT2D eigenvalue weighted by molar-refractivity contribution is 0.255. The number of fused-ring (bicyclic) bond motifs is 2. The number of aromatic amines is 1. The third-order valence-electron chi connectivity index (χ3n) is 6.45. The Balaban J connectivity index is 1.18. The van der Waals surface area contributed by atoms with Crippen LogP contribution in [0.15, 0.2) is 54.9 Å². The normalized spacial score (nSPS) is 15.7. The molecule has 0 atom stereocenters. The molecule has 1 fully saturated rings. The van der Waals surface area contributed by atoms with Crippen molar-refractivity contribution in [2.75, 3.05) is 49.6 Å². The molecule has 7 nitrogen and oxygen atoms in total. The number of nitrogens with one attached hydrogen (secondary N) is 1. The first-order valence-corrected chi connectivity index (χ1v) is 12.9. The number of aromatic nitrogens is 2. The number of piperazine rings is 1. The summed E-state index contributed by atoms with van der Waals surface area (Å²) in [6.07, 6.45) is 6.70. The molecule has 0 bridgehead atoms. The minimum Gasteiger partial charge on any atom is -0.397 e.